The van der Waals surface area contributed by atoms with Gasteiger partial charge >= 0.3 is 5.97 Å². The van der Waals surface area contributed by atoms with Gasteiger partial charge in [0.15, 0.2) is 0 Å². The van der Waals surface area contributed by atoms with Crippen molar-refractivity contribution in [3.63, 3.8) is 0 Å². The summed E-state index contributed by atoms with van der Waals surface area (Å²) in [6.45, 7) is 2.97. The van der Waals surface area contributed by atoms with Crippen molar-refractivity contribution in [2.75, 3.05) is 12.3 Å². The van der Waals surface area contributed by atoms with Crippen LogP contribution in [0.25, 0.3) is 0 Å². The quantitative estimate of drug-likeness (QED) is 0.847. The minimum absolute atomic E-state index is 0.149. The van der Waals surface area contributed by atoms with Gasteiger partial charge in [-0.1, -0.05) is 18.7 Å². The lowest BCUT2D eigenvalue weighted by Crippen LogP contribution is -2.44. The predicted octanol–water partition coefficient (Wildman–Crippen LogP) is 2.66. The molecule has 0 aliphatic carbocycles. The van der Waals surface area contributed by atoms with Crippen molar-refractivity contribution in [3.05, 3.63) is 23.9 Å². The fourth-order valence-corrected chi connectivity index (χ4v) is 3.29. The molecular weight excluding hydrogens is 288 g/mol. The number of hydrogen-bond donors (Lipinski definition) is 1. The molecule has 0 spiro atoms. The van der Waals surface area contributed by atoms with Gasteiger partial charge in [-0.05, 0) is 37.8 Å². The van der Waals surface area contributed by atoms with Crippen molar-refractivity contribution in [1.29, 1.82) is 0 Å². The van der Waals surface area contributed by atoms with Crippen LogP contribution in [-0.2, 0) is 4.79 Å². The van der Waals surface area contributed by atoms with Gasteiger partial charge in [0.1, 0.15) is 0 Å². The van der Waals surface area contributed by atoms with Gasteiger partial charge in [0.05, 0.1) is 16.3 Å². The van der Waals surface area contributed by atoms with E-state index in [4.69, 9.17) is 5.11 Å². The number of carbonyl (C=O) groups excluding carboxylic acids is 1. The Labute approximate surface area is 128 Å². The predicted molar refractivity (Wildman–Crippen MR) is 81.6 cm³/mol. The third-order valence-electron chi connectivity index (χ3n) is 3.75. The normalized spacial score (nSPS) is 18.5. The summed E-state index contributed by atoms with van der Waals surface area (Å²) >= 11 is 1.36. The molecule has 1 amide bonds. The highest BCUT2D eigenvalue weighted by Crippen LogP contribution is 2.22. The molecule has 1 saturated heterocycles. The van der Waals surface area contributed by atoms with Crippen molar-refractivity contribution < 1.29 is 14.7 Å². The van der Waals surface area contributed by atoms with Crippen molar-refractivity contribution in [2.24, 2.45) is 0 Å². The number of aromatic nitrogens is 1. The van der Waals surface area contributed by atoms with E-state index in [1.54, 1.807) is 6.07 Å². The zero-order chi connectivity index (χ0) is 15.2. The second-order valence-corrected chi connectivity index (χ2v) is 6.12. The summed E-state index contributed by atoms with van der Waals surface area (Å²) in [7, 11) is 0. The molecule has 0 radical (unpaired) electrons. The number of hydrogen-bond acceptors (Lipinski definition) is 4. The van der Waals surface area contributed by atoms with Gasteiger partial charge < -0.3 is 10.0 Å². The first-order chi connectivity index (χ1) is 10.1. The van der Waals surface area contributed by atoms with E-state index in [2.05, 4.69) is 11.9 Å². The molecule has 1 aromatic rings. The second kappa shape index (κ2) is 7.45. The Balaban J connectivity index is 1.89. The van der Waals surface area contributed by atoms with Crippen molar-refractivity contribution in [3.8, 4) is 0 Å². The fraction of sp³-hybridized carbons (Fsp3) is 0.533. The molecule has 21 heavy (non-hydrogen) atoms. The van der Waals surface area contributed by atoms with Gasteiger partial charge in [0.2, 0.25) is 5.91 Å². The minimum Gasteiger partial charge on any atom is -0.478 e. The number of carbonyl (C=O) groups is 2. The Morgan fingerprint density at radius 2 is 2.24 bits per heavy atom. The van der Waals surface area contributed by atoms with Crippen molar-refractivity contribution in [1.82, 2.24) is 9.88 Å². The molecule has 5 nitrogen and oxygen atoms in total. The molecule has 2 rings (SSSR count). The number of amides is 1. The van der Waals surface area contributed by atoms with Crippen LogP contribution in [-0.4, -0.2) is 45.2 Å². The maximum atomic E-state index is 12.3. The van der Waals surface area contributed by atoms with E-state index in [1.807, 2.05) is 4.90 Å². The Bertz CT molecular complexity index is 504. The zero-order valence-electron chi connectivity index (χ0n) is 12.1. The van der Waals surface area contributed by atoms with Gasteiger partial charge in [-0.2, -0.15) is 0 Å². The van der Waals surface area contributed by atoms with Gasteiger partial charge in [-0.3, -0.25) is 4.79 Å². The molecule has 1 fully saturated rings. The van der Waals surface area contributed by atoms with Crippen LogP contribution in [0.5, 0.6) is 0 Å². The van der Waals surface area contributed by atoms with Crippen LogP contribution in [0.2, 0.25) is 0 Å². The molecule has 0 bridgehead atoms. The summed E-state index contributed by atoms with van der Waals surface area (Å²) in [6, 6.07) is 3.53. The first kappa shape index (κ1) is 15.8. The Morgan fingerprint density at radius 1 is 1.43 bits per heavy atom. The highest BCUT2D eigenvalue weighted by Gasteiger charge is 2.25. The maximum Gasteiger partial charge on any atom is 0.337 e. The summed E-state index contributed by atoms with van der Waals surface area (Å²) in [6.07, 6.45) is 5.71. The fourth-order valence-electron chi connectivity index (χ4n) is 2.56. The number of carboxylic acid groups (broad SMARTS) is 1. The van der Waals surface area contributed by atoms with Gasteiger partial charge in [0, 0.05) is 18.8 Å². The van der Waals surface area contributed by atoms with E-state index < -0.39 is 5.97 Å². The molecule has 114 valence electrons. The largest absolute Gasteiger partial charge is 0.478 e. The summed E-state index contributed by atoms with van der Waals surface area (Å²) in [5, 5.41) is 9.49. The molecule has 1 N–H and O–H groups in total. The number of piperidine rings is 1. The Kier molecular flexibility index (Phi) is 5.61. The molecule has 1 aromatic heterocycles. The summed E-state index contributed by atoms with van der Waals surface area (Å²) in [4.78, 5) is 29.1. The van der Waals surface area contributed by atoms with Crippen LogP contribution in [0, 0.1) is 0 Å². The number of aromatic carboxylic acids is 1. The first-order valence-corrected chi connectivity index (χ1v) is 8.22. The van der Waals surface area contributed by atoms with E-state index in [1.165, 1.54) is 30.4 Å². The number of nitrogens with zero attached hydrogens (tertiary/aromatic N) is 2. The lowest BCUT2D eigenvalue weighted by atomic mass is 10.0. The van der Waals surface area contributed by atoms with Gasteiger partial charge in [-0.15, -0.1) is 0 Å². The highest BCUT2D eigenvalue weighted by molar-refractivity contribution is 7.99. The molecule has 0 aromatic carbocycles. The standard InChI is InChI=1S/C15H20N2O3S/c1-2-12-5-3-4-8-17(12)14(18)10-21-13-7-6-11(9-16-13)15(19)20/h6-7,9,12H,2-5,8,10H2,1H3,(H,19,20). The van der Waals surface area contributed by atoms with Crippen molar-refractivity contribution >= 4 is 23.6 Å². The van der Waals surface area contributed by atoms with Crippen LogP contribution >= 0.6 is 11.8 Å². The number of carboxylic acids is 1. The highest BCUT2D eigenvalue weighted by atomic mass is 32.2. The van der Waals surface area contributed by atoms with Crippen LogP contribution in [0.1, 0.15) is 43.0 Å². The number of likely N-dealkylation sites (tertiary alicyclic amines) is 1. The summed E-state index contributed by atoms with van der Waals surface area (Å²) in [5.41, 5.74) is 0.160. The average molecular weight is 308 g/mol. The van der Waals surface area contributed by atoms with Gasteiger partial charge in [0.25, 0.3) is 0 Å². The average Bonchev–Trinajstić information content (AvgIpc) is 2.52. The Morgan fingerprint density at radius 3 is 2.86 bits per heavy atom. The van der Waals surface area contributed by atoms with Crippen molar-refractivity contribution in [2.45, 2.75) is 43.7 Å². The molecule has 1 aliphatic rings. The molecule has 1 unspecified atom stereocenters. The third kappa shape index (κ3) is 4.20. The maximum absolute atomic E-state index is 12.3. The second-order valence-electron chi connectivity index (χ2n) is 5.12. The molecule has 2 heterocycles. The summed E-state index contributed by atoms with van der Waals surface area (Å²) < 4.78 is 0. The Hall–Kier alpha value is -1.56. The lowest BCUT2D eigenvalue weighted by Gasteiger charge is -2.35. The van der Waals surface area contributed by atoms with Crippen LogP contribution in [0.15, 0.2) is 23.4 Å². The van der Waals surface area contributed by atoms with E-state index >= 15 is 0 Å². The van der Waals surface area contributed by atoms with Crippen LogP contribution < -0.4 is 0 Å². The first-order valence-electron chi connectivity index (χ1n) is 7.23. The SMILES string of the molecule is CCC1CCCCN1C(=O)CSc1ccc(C(=O)O)cn1. The van der Waals surface area contributed by atoms with E-state index in [0.717, 1.165) is 25.8 Å². The topological polar surface area (TPSA) is 70.5 Å². The molecule has 1 aliphatic heterocycles. The smallest absolute Gasteiger partial charge is 0.337 e. The molecular formula is C15H20N2O3S. The number of thioether (sulfide) groups is 1. The molecule has 1 atom stereocenters. The van der Waals surface area contributed by atoms with E-state index in [0.29, 0.717) is 16.8 Å². The van der Waals surface area contributed by atoms with Gasteiger partial charge in [-0.25, -0.2) is 9.78 Å². The number of rotatable bonds is 5. The van der Waals surface area contributed by atoms with E-state index in [-0.39, 0.29) is 11.5 Å². The minimum atomic E-state index is -0.991. The van der Waals surface area contributed by atoms with Crippen LogP contribution in [0.3, 0.4) is 0 Å². The lowest BCUT2D eigenvalue weighted by molar-refractivity contribution is -0.132. The van der Waals surface area contributed by atoms with E-state index in [9.17, 15) is 9.59 Å². The summed E-state index contributed by atoms with van der Waals surface area (Å²) in [5.74, 6) is -0.486. The van der Waals surface area contributed by atoms with Crippen LogP contribution in [0.4, 0.5) is 0 Å². The third-order valence-corrected chi connectivity index (χ3v) is 4.67. The zero-order valence-corrected chi connectivity index (χ0v) is 12.9. The molecule has 0 saturated carbocycles. The molecule has 6 heteroatoms. The number of pyridine rings is 1. The monoisotopic (exact) mass is 308 g/mol.